The summed E-state index contributed by atoms with van der Waals surface area (Å²) in [6.07, 6.45) is 1.67. The van der Waals surface area contributed by atoms with E-state index in [1.54, 1.807) is 24.3 Å². The van der Waals surface area contributed by atoms with Gasteiger partial charge >= 0.3 is 11.6 Å². The molecule has 1 atom stereocenters. The van der Waals surface area contributed by atoms with Crippen LogP contribution in [0.2, 0.25) is 0 Å². The summed E-state index contributed by atoms with van der Waals surface area (Å²) >= 11 is 0. The number of amides is 1. The van der Waals surface area contributed by atoms with Crippen molar-refractivity contribution in [1.29, 1.82) is 0 Å². The number of nitrogens with two attached hydrogens (primary N) is 1. The molecule has 0 aliphatic carbocycles. The zero-order valence-corrected chi connectivity index (χ0v) is 13.5. The van der Waals surface area contributed by atoms with Gasteiger partial charge < -0.3 is 15.3 Å². The van der Waals surface area contributed by atoms with E-state index in [9.17, 15) is 14.4 Å². The van der Waals surface area contributed by atoms with Crippen LogP contribution in [0.1, 0.15) is 29.6 Å². The molecule has 6 N–H and O–H groups in total. The second kappa shape index (κ2) is 8.92. The van der Waals surface area contributed by atoms with Crippen molar-refractivity contribution >= 4 is 22.8 Å². The van der Waals surface area contributed by atoms with Crippen LogP contribution in [0.3, 0.4) is 0 Å². The van der Waals surface area contributed by atoms with Crippen molar-refractivity contribution in [3.63, 3.8) is 0 Å². The summed E-state index contributed by atoms with van der Waals surface area (Å²) in [7, 11) is 0. The predicted octanol–water partition coefficient (Wildman–Crippen LogP) is 0.114. The van der Waals surface area contributed by atoms with E-state index in [4.69, 9.17) is 15.3 Å². The van der Waals surface area contributed by atoms with Crippen LogP contribution in [-0.4, -0.2) is 29.6 Å². The molecular weight excluding hydrogens is 328 g/mol. The van der Waals surface area contributed by atoms with Crippen molar-refractivity contribution in [2.45, 2.75) is 25.3 Å². The fraction of sp³-hybridized carbons (Fsp3) is 0.312. The molecule has 0 aliphatic heterocycles. The highest BCUT2D eigenvalue weighted by Gasteiger charge is 2.17. The number of carbonyl (C=O) groups is 2. The lowest BCUT2D eigenvalue weighted by Gasteiger charge is -2.15. The van der Waals surface area contributed by atoms with Crippen molar-refractivity contribution in [3.8, 4) is 0 Å². The number of carboxylic acids is 1. The Labute approximate surface area is 143 Å². The molecule has 0 unspecified atom stereocenters. The van der Waals surface area contributed by atoms with E-state index in [0.717, 1.165) is 0 Å². The average molecular weight is 348 g/mol. The number of hydrogen-bond donors (Lipinski definition) is 5. The summed E-state index contributed by atoms with van der Waals surface area (Å²) in [5.74, 6) is -1.80. The van der Waals surface area contributed by atoms with Crippen LogP contribution in [0.25, 0.3) is 11.0 Å². The summed E-state index contributed by atoms with van der Waals surface area (Å²) in [4.78, 5) is 35.1. The maximum Gasteiger partial charge on any atom is 0.349 e. The number of aliphatic carboxylic acids is 1. The van der Waals surface area contributed by atoms with E-state index < -0.39 is 23.5 Å². The molecule has 1 heterocycles. The minimum Gasteiger partial charge on any atom is -0.480 e. The van der Waals surface area contributed by atoms with Gasteiger partial charge in [-0.25, -0.2) is 10.2 Å². The lowest BCUT2D eigenvalue weighted by atomic mass is 10.1. The Morgan fingerprint density at radius 1 is 1.24 bits per heavy atom. The molecular formula is C16H20N4O5. The van der Waals surface area contributed by atoms with Crippen molar-refractivity contribution < 1.29 is 19.1 Å². The van der Waals surface area contributed by atoms with E-state index in [1.165, 1.54) is 6.07 Å². The molecule has 25 heavy (non-hydrogen) atoms. The third-order valence-corrected chi connectivity index (χ3v) is 3.55. The Bertz CT molecular complexity index is 804. The van der Waals surface area contributed by atoms with Gasteiger partial charge in [-0.3, -0.25) is 15.0 Å². The number of nitrogens with one attached hydrogen (secondary N) is 3. The first-order chi connectivity index (χ1) is 12.0. The van der Waals surface area contributed by atoms with Crippen molar-refractivity contribution in [2.75, 3.05) is 6.54 Å². The molecule has 2 aromatic rings. The van der Waals surface area contributed by atoms with E-state index in [2.05, 4.69) is 16.4 Å². The molecule has 0 saturated heterocycles. The molecule has 0 bridgehead atoms. The number of hydrogen-bond acceptors (Lipinski definition) is 7. The van der Waals surface area contributed by atoms with Gasteiger partial charge in [-0.05, 0) is 37.9 Å². The molecule has 0 saturated carbocycles. The summed E-state index contributed by atoms with van der Waals surface area (Å²) in [6, 6.07) is 7.31. The van der Waals surface area contributed by atoms with E-state index in [-0.39, 0.29) is 5.56 Å². The van der Waals surface area contributed by atoms with Crippen LogP contribution >= 0.6 is 0 Å². The molecule has 1 amide bonds. The fourth-order valence-electron chi connectivity index (χ4n) is 2.22. The second-order valence-corrected chi connectivity index (χ2v) is 5.38. The van der Waals surface area contributed by atoms with Crippen molar-refractivity contribution in [1.82, 2.24) is 16.4 Å². The quantitative estimate of drug-likeness (QED) is 0.244. The Morgan fingerprint density at radius 3 is 2.72 bits per heavy atom. The molecule has 0 spiro atoms. The molecule has 1 aromatic carbocycles. The standard InChI is InChI=1S/C16H20N4O5/c17-8-4-3-6-12(15(22)23)18-20-19-14(21)11-9-10-5-1-2-7-13(10)25-16(11)24/h1-2,5,7,9,12,18,20H,3-4,6,8,17H2,(H,19,21)(H,22,23)/t12-/m0/s1. The highest BCUT2D eigenvalue weighted by molar-refractivity contribution is 5.96. The number of benzene rings is 1. The Kier molecular flexibility index (Phi) is 6.63. The molecule has 9 heteroatoms. The minimum absolute atomic E-state index is 0.192. The van der Waals surface area contributed by atoms with Gasteiger partial charge in [-0.1, -0.05) is 18.2 Å². The van der Waals surface area contributed by atoms with E-state index in [0.29, 0.717) is 36.8 Å². The number of carboxylic acid groups (broad SMARTS) is 1. The topological polar surface area (TPSA) is 147 Å². The van der Waals surface area contributed by atoms with Gasteiger partial charge in [0.2, 0.25) is 0 Å². The molecule has 0 fully saturated rings. The van der Waals surface area contributed by atoms with Crippen LogP contribution in [0, 0.1) is 0 Å². The fourth-order valence-corrected chi connectivity index (χ4v) is 2.22. The SMILES string of the molecule is NCCCC[C@H](NNNC(=O)c1cc2ccccc2oc1=O)C(=O)O. The molecule has 0 aliphatic rings. The second-order valence-electron chi connectivity index (χ2n) is 5.38. The Hall–Kier alpha value is -2.75. The summed E-state index contributed by atoms with van der Waals surface area (Å²) in [6.45, 7) is 0.480. The molecule has 0 radical (unpaired) electrons. The highest BCUT2D eigenvalue weighted by atomic mass is 16.4. The van der Waals surface area contributed by atoms with Gasteiger partial charge in [-0.15, -0.1) is 0 Å². The Morgan fingerprint density at radius 2 is 2.00 bits per heavy atom. The molecule has 2 rings (SSSR count). The van der Waals surface area contributed by atoms with Gasteiger partial charge in [0.25, 0.3) is 5.91 Å². The third kappa shape index (κ3) is 5.11. The number of carbonyl (C=O) groups excluding carboxylic acids is 1. The summed E-state index contributed by atoms with van der Waals surface area (Å²) < 4.78 is 5.07. The lowest BCUT2D eigenvalue weighted by molar-refractivity contribution is -0.140. The minimum atomic E-state index is -1.07. The van der Waals surface area contributed by atoms with Gasteiger partial charge in [0.05, 0.1) is 0 Å². The number of hydrazine groups is 2. The van der Waals surface area contributed by atoms with Gasteiger partial charge in [0.15, 0.2) is 0 Å². The van der Waals surface area contributed by atoms with E-state index >= 15 is 0 Å². The average Bonchev–Trinajstić information content (AvgIpc) is 2.59. The van der Waals surface area contributed by atoms with E-state index in [1.807, 2.05) is 0 Å². The van der Waals surface area contributed by atoms with Crippen LogP contribution in [-0.2, 0) is 4.79 Å². The largest absolute Gasteiger partial charge is 0.480 e. The van der Waals surface area contributed by atoms with Gasteiger partial charge in [-0.2, -0.15) is 5.53 Å². The number of rotatable bonds is 9. The van der Waals surface area contributed by atoms with Crippen molar-refractivity contribution in [2.24, 2.45) is 5.73 Å². The zero-order valence-electron chi connectivity index (χ0n) is 13.5. The lowest BCUT2D eigenvalue weighted by Crippen LogP contribution is -2.53. The van der Waals surface area contributed by atoms with Gasteiger partial charge in [0.1, 0.15) is 17.2 Å². The first kappa shape index (κ1) is 18.6. The number of para-hydroxylation sites is 1. The van der Waals surface area contributed by atoms with Crippen LogP contribution in [0.5, 0.6) is 0 Å². The smallest absolute Gasteiger partial charge is 0.349 e. The van der Waals surface area contributed by atoms with Gasteiger partial charge in [0, 0.05) is 5.39 Å². The molecule has 134 valence electrons. The monoisotopic (exact) mass is 348 g/mol. The van der Waals surface area contributed by atoms with Crippen LogP contribution < -0.4 is 27.7 Å². The number of unbranched alkanes of at least 4 members (excludes halogenated alkanes) is 1. The zero-order chi connectivity index (χ0) is 18.2. The van der Waals surface area contributed by atoms with Crippen LogP contribution in [0.15, 0.2) is 39.5 Å². The first-order valence-electron chi connectivity index (χ1n) is 7.79. The highest BCUT2D eigenvalue weighted by Crippen LogP contribution is 2.12. The molecule has 9 nitrogen and oxygen atoms in total. The maximum atomic E-state index is 12.1. The van der Waals surface area contributed by atoms with Crippen molar-refractivity contribution in [3.05, 3.63) is 46.3 Å². The summed E-state index contributed by atoms with van der Waals surface area (Å²) in [5.41, 5.74) is 11.8. The third-order valence-electron chi connectivity index (χ3n) is 3.55. The normalized spacial score (nSPS) is 12.0. The number of fused-ring (bicyclic) bond motifs is 1. The molecule has 1 aromatic heterocycles. The Balaban J connectivity index is 1.96. The predicted molar refractivity (Wildman–Crippen MR) is 90.6 cm³/mol. The van der Waals surface area contributed by atoms with Crippen LogP contribution in [0.4, 0.5) is 0 Å². The summed E-state index contributed by atoms with van der Waals surface area (Å²) in [5, 5.41) is 9.71. The maximum absolute atomic E-state index is 12.1. The first-order valence-corrected chi connectivity index (χ1v) is 7.79.